The van der Waals surface area contributed by atoms with Crippen LogP contribution in [0.5, 0.6) is 0 Å². The number of likely N-dealkylation sites (tertiary alicyclic amines) is 1. The number of nitrogen functional groups attached to an aromatic ring is 1. The van der Waals surface area contributed by atoms with Gasteiger partial charge in [0.1, 0.15) is 5.82 Å². The minimum absolute atomic E-state index is 0.0360. The summed E-state index contributed by atoms with van der Waals surface area (Å²) in [6.07, 6.45) is 2.69. The van der Waals surface area contributed by atoms with Crippen molar-refractivity contribution in [2.75, 3.05) is 19.4 Å². The van der Waals surface area contributed by atoms with Crippen molar-refractivity contribution in [2.45, 2.75) is 58.8 Å². The third-order valence-corrected chi connectivity index (χ3v) is 5.26. The highest BCUT2D eigenvalue weighted by atomic mass is 16.5. The third-order valence-electron chi connectivity index (χ3n) is 5.26. The summed E-state index contributed by atoms with van der Waals surface area (Å²) < 4.78 is 9.55. The van der Waals surface area contributed by atoms with E-state index in [2.05, 4.69) is 30.4 Å². The number of aromatic nitrogens is 3. The first-order valence-electron chi connectivity index (χ1n) is 9.13. The fraction of sp³-hybridized carbons (Fsp3) is 0.579. The fourth-order valence-electron chi connectivity index (χ4n) is 4.10. The minimum atomic E-state index is 0.0360. The highest BCUT2D eigenvalue weighted by Gasteiger charge is 2.37. The average Bonchev–Trinajstić information content (AvgIpc) is 3.25. The Kier molecular flexibility index (Phi) is 5.09. The van der Waals surface area contributed by atoms with Gasteiger partial charge >= 0.3 is 0 Å². The Labute approximate surface area is 154 Å². The summed E-state index contributed by atoms with van der Waals surface area (Å²) in [4.78, 5) is 15.3. The number of ether oxygens (including phenoxy) is 1. The van der Waals surface area contributed by atoms with E-state index in [4.69, 9.17) is 10.5 Å². The van der Waals surface area contributed by atoms with E-state index in [-0.39, 0.29) is 18.1 Å². The molecule has 1 saturated heterocycles. The van der Waals surface area contributed by atoms with Gasteiger partial charge in [-0.25, -0.2) is 0 Å². The average molecular weight is 359 g/mol. The Bertz CT molecular complexity index is 792. The first-order chi connectivity index (χ1) is 12.3. The Hall–Kier alpha value is -2.28. The van der Waals surface area contributed by atoms with E-state index in [1.54, 1.807) is 17.9 Å². The quantitative estimate of drug-likeness (QED) is 0.889. The molecule has 0 radical (unpaired) electrons. The van der Waals surface area contributed by atoms with Gasteiger partial charge in [0.15, 0.2) is 0 Å². The topological polar surface area (TPSA) is 78.3 Å². The van der Waals surface area contributed by atoms with E-state index in [9.17, 15) is 4.79 Å². The van der Waals surface area contributed by atoms with Crippen molar-refractivity contribution in [1.82, 2.24) is 19.2 Å². The number of nitrogens with zero attached hydrogens (tertiary/aromatic N) is 4. The van der Waals surface area contributed by atoms with Gasteiger partial charge in [-0.1, -0.05) is 0 Å². The molecule has 0 saturated carbocycles. The van der Waals surface area contributed by atoms with Gasteiger partial charge in [0.05, 0.1) is 24.3 Å². The number of nitrogens with two attached hydrogens (primary N) is 1. The van der Waals surface area contributed by atoms with Crippen molar-refractivity contribution in [2.24, 2.45) is 0 Å². The maximum absolute atomic E-state index is 13.3. The van der Waals surface area contributed by atoms with Crippen molar-refractivity contribution in [3.05, 3.63) is 35.3 Å². The monoisotopic (exact) mass is 359 g/mol. The maximum atomic E-state index is 13.3. The van der Waals surface area contributed by atoms with Crippen molar-refractivity contribution in [3.8, 4) is 0 Å². The summed E-state index contributed by atoms with van der Waals surface area (Å²) in [6, 6.07) is 4.13. The largest absolute Gasteiger partial charge is 0.382 e. The van der Waals surface area contributed by atoms with Crippen molar-refractivity contribution < 1.29 is 9.53 Å². The number of carbonyl (C=O) groups excluding carboxylic acids is 1. The lowest BCUT2D eigenvalue weighted by Crippen LogP contribution is -2.38. The zero-order chi connectivity index (χ0) is 19.0. The van der Waals surface area contributed by atoms with E-state index < -0.39 is 0 Å². The van der Waals surface area contributed by atoms with Gasteiger partial charge < -0.3 is 19.9 Å². The first-order valence-corrected chi connectivity index (χ1v) is 9.13. The number of aryl methyl sites for hydroxylation is 1. The minimum Gasteiger partial charge on any atom is -0.382 e. The van der Waals surface area contributed by atoms with Crippen LogP contribution in [0, 0.1) is 13.8 Å². The number of hydrogen-bond donors (Lipinski definition) is 1. The van der Waals surface area contributed by atoms with Crippen molar-refractivity contribution in [1.29, 1.82) is 0 Å². The molecule has 2 atom stereocenters. The predicted octanol–water partition coefficient (Wildman–Crippen LogP) is 2.39. The standard InChI is InChI=1S/C19H29N5O2/c1-12(2)24-13(3)8-17(14(24)4)19(25)23-11-16(26-5)9-15(23)10-22-7-6-18(20)21-22/h6-8,12,15-16H,9-11H2,1-5H3,(H2,20,21)/t15-,16+/m0/s1. The summed E-state index contributed by atoms with van der Waals surface area (Å²) in [6.45, 7) is 9.56. The second-order valence-corrected chi connectivity index (χ2v) is 7.42. The lowest BCUT2D eigenvalue weighted by molar-refractivity contribution is 0.0678. The number of amides is 1. The van der Waals surface area contributed by atoms with Crippen LogP contribution in [-0.4, -0.2) is 51.0 Å². The Morgan fingerprint density at radius 2 is 2.15 bits per heavy atom. The van der Waals surface area contributed by atoms with E-state index >= 15 is 0 Å². The number of carbonyl (C=O) groups is 1. The summed E-state index contributed by atoms with van der Waals surface area (Å²) >= 11 is 0. The van der Waals surface area contributed by atoms with Gasteiger partial charge in [0.25, 0.3) is 5.91 Å². The van der Waals surface area contributed by atoms with Gasteiger partial charge in [0.2, 0.25) is 0 Å². The van der Waals surface area contributed by atoms with Crippen LogP contribution in [0.2, 0.25) is 0 Å². The molecule has 1 aliphatic heterocycles. The van der Waals surface area contributed by atoms with Crippen LogP contribution in [0.3, 0.4) is 0 Å². The highest BCUT2D eigenvalue weighted by molar-refractivity contribution is 5.96. The third kappa shape index (κ3) is 3.35. The SMILES string of the molecule is CO[C@@H]1C[C@@H](Cn2ccc(N)n2)N(C(=O)c2cc(C)n(C(C)C)c2C)C1. The molecule has 0 aromatic carbocycles. The summed E-state index contributed by atoms with van der Waals surface area (Å²) in [5.74, 6) is 0.555. The number of hydrogen-bond acceptors (Lipinski definition) is 4. The maximum Gasteiger partial charge on any atom is 0.256 e. The normalized spacial score (nSPS) is 20.3. The molecule has 1 amide bonds. The molecule has 2 N–H and O–H groups in total. The molecule has 26 heavy (non-hydrogen) atoms. The molecule has 3 rings (SSSR count). The van der Waals surface area contributed by atoms with Crippen molar-refractivity contribution in [3.63, 3.8) is 0 Å². The molecule has 142 valence electrons. The molecule has 3 heterocycles. The second-order valence-electron chi connectivity index (χ2n) is 7.42. The molecule has 0 bridgehead atoms. The summed E-state index contributed by atoms with van der Waals surface area (Å²) in [5, 5.41) is 4.26. The summed E-state index contributed by atoms with van der Waals surface area (Å²) in [7, 11) is 1.70. The van der Waals surface area contributed by atoms with Crippen LogP contribution in [0.25, 0.3) is 0 Å². The van der Waals surface area contributed by atoms with Gasteiger partial charge in [-0.3, -0.25) is 9.48 Å². The number of rotatable bonds is 5. The van der Waals surface area contributed by atoms with Crippen LogP contribution in [0.1, 0.15) is 48.1 Å². The molecule has 0 unspecified atom stereocenters. The van der Waals surface area contributed by atoms with Crippen LogP contribution in [0.15, 0.2) is 18.3 Å². The zero-order valence-electron chi connectivity index (χ0n) is 16.3. The summed E-state index contributed by atoms with van der Waals surface area (Å²) in [5.41, 5.74) is 8.63. The second kappa shape index (κ2) is 7.15. The smallest absolute Gasteiger partial charge is 0.256 e. The highest BCUT2D eigenvalue weighted by Crippen LogP contribution is 2.27. The Morgan fingerprint density at radius 1 is 1.42 bits per heavy atom. The molecular formula is C19H29N5O2. The molecule has 2 aromatic heterocycles. The van der Waals surface area contributed by atoms with Gasteiger partial charge in [-0.15, -0.1) is 0 Å². The van der Waals surface area contributed by atoms with Crippen LogP contribution >= 0.6 is 0 Å². The van der Waals surface area contributed by atoms with Crippen LogP contribution in [-0.2, 0) is 11.3 Å². The van der Waals surface area contributed by atoms with Gasteiger partial charge in [-0.05, 0) is 46.2 Å². The fourth-order valence-corrected chi connectivity index (χ4v) is 4.10. The molecule has 0 spiro atoms. The molecule has 7 heteroatoms. The lowest BCUT2D eigenvalue weighted by Gasteiger charge is -2.24. The number of anilines is 1. The Morgan fingerprint density at radius 3 is 2.69 bits per heavy atom. The lowest BCUT2D eigenvalue weighted by atomic mass is 10.1. The molecule has 7 nitrogen and oxygen atoms in total. The molecular weight excluding hydrogens is 330 g/mol. The first kappa shape index (κ1) is 18.5. The van der Waals surface area contributed by atoms with Crippen LogP contribution in [0.4, 0.5) is 5.82 Å². The molecule has 1 fully saturated rings. The zero-order valence-corrected chi connectivity index (χ0v) is 16.3. The van der Waals surface area contributed by atoms with E-state index in [0.717, 1.165) is 23.4 Å². The van der Waals surface area contributed by atoms with Crippen LogP contribution < -0.4 is 5.73 Å². The predicted molar refractivity (Wildman–Crippen MR) is 101 cm³/mol. The van der Waals surface area contributed by atoms with Gasteiger partial charge in [-0.2, -0.15) is 5.10 Å². The molecule has 1 aliphatic rings. The van der Waals surface area contributed by atoms with E-state index in [1.165, 1.54) is 0 Å². The molecule has 2 aromatic rings. The molecule has 0 aliphatic carbocycles. The van der Waals surface area contributed by atoms with E-state index in [0.29, 0.717) is 24.9 Å². The van der Waals surface area contributed by atoms with Gasteiger partial charge in [0, 0.05) is 37.3 Å². The van der Waals surface area contributed by atoms with E-state index in [1.807, 2.05) is 24.1 Å². The number of methoxy groups -OCH3 is 1. The van der Waals surface area contributed by atoms with Crippen molar-refractivity contribution >= 4 is 11.7 Å². The Balaban J connectivity index is 1.87.